The van der Waals surface area contributed by atoms with E-state index in [-0.39, 0.29) is 42.3 Å². The van der Waals surface area contributed by atoms with Crippen molar-refractivity contribution < 1.29 is 19.4 Å². The summed E-state index contributed by atoms with van der Waals surface area (Å²) in [6.07, 6.45) is 0.668. The summed E-state index contributed by atoms with van der Waals surface area (Å²) >= 11 is 0. The van der Waals surface area contributed by atoms with E-state index in [4.69, 9.17) is 4.74 Å². The second-order valence-electron chi connectivity index (χ2n) is 9.14. The predicted octanol–water partition coefficient (Wildman–Crippen LogP) is 5.16. The fraction of sp³-hybridized carbons (Fsp3) is 0.481. The maximum atomic E-state index is 12.8. The van der Waals surface area contributed by atoms with Gasteiger partial charge < -0.3 is 14.7 Å². The van der Waals surface area contributed by atoms with Crippen LogP contribution in [0.2, 0.25) is 0 Å². The molecule has 5 heteroatoms. The first kappa shape index (κ1) is 25.6. The van der Waals surface area contributed by atoms with Crippen LogP contribution in [0.25, 0.3) is 0 Å². The van der Waals surface area contributed by atoms with Crippen LogP contribution in [-0.2, 0) is 16.2 Å². The van der Waals surface area contributed by atoms with E-state index in [1.54, 1.807) is 26.0 Å². The number of aliphatic hydroxyl groups is 1. The summed E-state index contributed by atoms with van der Waals surface area (Å²) in [6, 6.07) is 15.6. The largest absolute Gasteiger partial charge is 0.426 e. The summed E-state index contributed by atoms with van der Waals surface area (Å²) in [5, 5.41) is 9.74. The summed E-state index contributed by atoms with van der Waals surface area (Å²) in [6.45, 7) is 12.0. The van der Waals surface area contributed by atoms with Crippen molar-refractivity contribution in [1.82, 2.24) is 4.90 Å². The Kier molecular flexibility index (Phi) is 9.45. The lowest BCUT2D eigenvalue weighted by Gasteiger charge is -2.31. The van der Waals surface area contributed by atoms with Crippen molar-refractivity contribution in [2.75, 3.05) is 6.54 Å². The molecule has 0 aromatic heterocycles. The van der Waals surface area contributed by atoms with Gasteiger partial charge in [-0.15, -0.1) is 0 Å². The highest BCUT2D eigenvalue weighted by Gasteiger charge is 2.25. The Morgan fingerprint density at radius 1 is 0.938 bits per heavy atom. The highest BCUT2D eigenvalue weighted by Crippen LogP contribution is 2.36. The number of rotatable bonds is 10. The minimum absolute atomic E-state index is 0.0761. The molecule has 0 radical (unpaired) electrons. The molecule has 0 saturated carbocycles. The van der Waals surface area contributed by atoms with Gasteiger partial charge in [-0.2, -0.15) is 0 Å². The Balaban J connectivity index is 2.49. The smallest absolute Gasteiger partial charge is 0.313 e. The van der Waals surface area contributed by atoms with E-state index in [0.29, 0.717) is 18.7 Å². The second-order valence-corrected chi connectivity index (χ2v) is 9.14. The molecular formula is C27H37NO4. The number of ether oxygens (including phenoxy) is 1. The molecule has 0 aliphatic carbocycles. The molecule has 1 N–H and O–H groups in total. The molecule has 0 aliphatic heterocycles. The molecule has 0 bridgehead atoms. The van der Waals surface area contributed by atoms with Crippen molar-refractivity contribution in [1.29, 1.82) is 0 Å². The molecule has 0 fully saturated rings. The fourth-order valence-electron chi connectivity index (χ4n) is 3.70. The van der Waals surface area contributed by atoms with Gasteiger partial charge in [-0.1, -0.05) is 64.1 Å². The predicted molar refractivity (Wildman–Crippen MR) is 127 cm³/mol. The van der Waals surface area contributed by atoms with Crippen molar-refractivity contribution in [3.05, 3.63) is 65.2 Å². The first-order valence-corrected chi connectivity index (χ1v) is 11.5. The van der Waals surface area contributed by atoms with Crippen molar-refractivity contribution in [3.8, 4) is 5.75 Å². The number of carbonyl (C=O) groups is 2. The number of benzene rings is 2. The molecule has 2 aromatic carbocycles. The minimum Gasteiger partial charge on any atom is -0.426 e. The average molecular weight is 440 g/mol. The lowest BCUT2D eigenvalue weighted by atomic mass is 9.86. The standard InChI is InChI=1S/C27H37NO4/c1-18(2)26(30)28(20(5)6)15-14-23(22-10-8-7-9-11-22)24-16-21(17-29)12-13-25(24)32-27(31)19(3)4/h7-13,16,18-20,23,29H,14-15,17H2,1-6H3. The Morgan fingerprint density at radius 2 is 1.59 bits per heavy atom. The van der Waals surface area contributed by atoms with E-state index in [1.165, 1.54) is 0 Å². The summed E-state index contributed by atoms with van der Waals surface area (Å²) in [5.41, 5.74) is 2.67. The number of hydrogen-bond donors (Lipinski definition) is 1. The highest BCUT2D eigenvalue weighted by molar-refractivity contribution is 5.78. The molecule has 0 heterocycles. The number of carbonyl (C=O) groups excluding carboxylic acids is 2. The van der Waals surface area contributed by atoms with Gasteiger partial charge in [0, 0.05) is 30.0 Å². The number of hydrogen-bond acceptors (Lipinski definition) is 4. The molecule has 0 spiro atoms. The number of amides is 1. The molecule has 32 heavy (non-hydrogen) atoms. The van der Waals surface area contributed by atoms with Gasteiger partial charge in [0.25, 0.3) is 0 Å². The average Bonchev–Trinajstić information content (AvgIpc) is 2.77. The van der Waals surface area contributed by atoms with Crippen molar-refractivity contribution in [3.63, 3.8) is 0 Å². The quantitative estimate of drug-likeness (QED) is 0.410. The third-order valence-corrected chi connectivity index (χ3v) is 5.58. The fourth-order valence-corrected chi connectivity index (χ4v) is 3.70. The molecule has 5 nitrogen and oxygen atoms in total. The molecule has 0 saturated heterocycles. The van der Waals surface area contributed by atoms with Gasteiger partial charge >= 0.3 is 5.97 Å². The summed E-state index contributed by atoms with van der Waals surface area (Å²) < 4.78 is 5.75. The number of esters is 1. The lowest BCUT2D eigenvalue weighted by Crippen LogP contribution is -2.40. The first-order valence-electron chi connectivity index (χ1n) is 11.5. The maximum absolute atomic E-state index is 12.8. The van der Waals surface area contributed by atoms with Crippen molar-refractivity contribution in [2.24, 2.45) is 11.8 Å². The molecular weight excluding hydrogens is 402 g/mol. The molecule has 0 aliphatic rings. The van der Waals surface area contributed by atoms with E-state index in [2.05, 4.69) is 0 Å². The van der Waals surface area contributed by atoms with E-state index in [1.807, 2.05) is 69.0 Å². The topological polar surface area (TPSA) is 66.8 Å². The van der Waals surface area contributed by atoms with E-state index < -0.39 is 0 Å². The lowest BCUT2D eigenvalue weighted by molar-refractivity contribution is -0.138. The molecule has 2 aromatic rings. The molecule has 2 rings (SSSR count). The Hall–Kier alpha value is -2.66. The number of aliphatic hydroxyl groups excluding tert-OH is 1. The van der Waals surface area contributed by atoms with Crippen LogP contribution in [0.15, 0.2) is 48.5 Å². The monoisotopic (exact) mass is 439 g/mol. The van der Waals surface area contributed by atoms with Crippen LogP contribution in [0.3, 0.4) is 0 Å². The van der Waals surface area contributed by atoms with Crippen LogP contribution >= 0.6 is 0 Å². The third kappa shape index (κ3) is 6.67. The second kappa shape index (κ2) is 11.8. The van der Waals surface area contributed by atoms with Crippen LogP contribution in [0, 0.1) is 11.8 Å². The van der Waals surface area contributed by atoms with E-state index in [0.717, 1.165) is 16.7 Å². The summed E-state index contributed by atoms with van der Waals surface area (Å²) in [7, 11) is 0. The molecule has 174 valence electrons. The zero-order chi connectivity index (χ0) is 23.8. The Morgan fingerprint density at radius 3 is 2.12 bits per heavy atom. The summed E-state index contributed by atoms with van der Waals surface area (Å²) in [5.74, 6) is -0.0978. The van der Waals surface area contributed by atoms with Crippen molar-refractivity contribution >= 4 is 11.9 Å². The van der Waals surface area contributed by atoms with Gasteiger partial charge in [0.05, 0.1) is 12.5 Å². The minimum atomic E-state index is -0.298. The molecule has 1 unspecified atom stereocenters. The van der Waals surface area contributed by atoms with Crippen LogP contribution in [0.5, 0.6) is 5.75 Å². The third-order valence-electron chi connectivity index (χ3n) is 5.58. The zero-order valence-electron chi connectivity index (χ0n) is 20.2. The summed E-state index contributed by atoms with van der Waals surface area (Å²) in [4.78, 5) is 27.1. The normalized spacial score (nSPS) is 12.3. The Labute approximate surface area is 192 Å². The van der Waals surface area contributed by atoms with Gasteiger partial charge in [-0.05, 0) is 43.5 Å². The maximum Gasteiger partial charge on any atom is 0.313 e. The number of nitrogens with zero attached hydrogens (tertiary/aromatic N) is 1. The van der Waals surface area contributed by atoms with Crippen LogP contribution < -0.4 is 4.74 Å². The van der Waals surface area contributed by atoms with Crippen molar-refractivity contribution in [2.45, 2.75) is 66.5 Å². The van der Waals surface area contributed by atoms with Crippen LogP contribution in [0.4, 0.5) is 0 Å². The zero-order valence-corrected chi connectivity index (χ0v) is 20.2. The molecule has 1 amide bonds. The Bertz CT molecular complexity index is 890. The van der Waals surface area contributed by atoms with Crippen LogP contribution in [-0.4, -0.2) is 34.5 Å². The van der Waals surface area contributed by atoms with Crippen LogP contribution in [0.1, 0.15) is 70.6 Å². The SMILES string of the molecule is CC(C)C(=O)Oc1ccc(CO)cc1C(CCN(C(=O)C(C)C)C(C)C)c1ccccc1. The van der Waals surface area contributed by atoms with Gasteiger partial charge in [0.15, 0.2) is 0 Å². The van der Waals surface area contributed by atoms with Gasteiger partial charge in [0.2, 0.25) is 5.91 Å². The highest BCUT2D eigenvalue weighted by atomic mass is 16.5. The van der Waals surface area contributed by atoms with Gasteiger partial charge in [-0.3, -0.25) is 9.59 Å². The van der Waals surface area contributed by atoms with E-state index >= 15 is 0 Å². The van der Waals surface area contributed by atoms with Gasteiger partial charge in [-0.25, -0.2) is 0 Å². The van der Waals surface area contributed by atoms with Gasteiger partial charge in [0.1, 0.15) is 5.75 Å². The van der Waals surface area contributed by atoms with E-state index in [9.17, 15) is 14.7 Å². The first-order chi connectivity index (χ1) is 15.1. The molecule has 1 atom stereocenters.